The highest BCUT2D eigenvalue weighted by Crippen LogP contribution is 2.20. The molecule has 0 bridgehead atoms. The summed E-state index contributed by atoms with van der Waals surface area (Å²) in [5, 5.41) is 3.94. The highest BCUT2D eigenvalue weighted by atomic mass is 16.5. The molecule has 1 saturated heterocycles. The van der Waals surface area contributed by atoms with E-state index in [1.54, 1.807) is 0 Å². The Kier molecular flexibility index (Phi) is 5.54. The second-order valence-electron chi connectivity index (χ2n) is 6.90. The first kappa shape index (κ1) is 18.4. The third-order valence-corrected chi connectivity index (χ3v) is 4.79. The van der Waals surface area contributed by atoms with Gasteiger partial charge in [0.2, 0.25) is 11.8 Å². The molecule has 3 rings (SSSR count). The summed E-state index contributed by atoms with van der Waals surface area (Å²) in [4.78, 5) is 23.0. The van der Waals surface area contributed by atoms with Gasteiger partial charge in [0.25, 0.3) is 0 Å². The topological polar surface area (TPSA) is 81.4 Å². The van der Waals surface area contributed by atoms with Crippen molar-refractivity contribution in [3.63, 3.8) is 0 Å². The average Bonchev–Trinajstić information content (AvgIpc) is 2.91. The standard InChI is InChI=1S/C19H26N4O3/c1-12-11-18(21-15(4)20-12)25-16-7-9-23(10-8-16)19(24)6-5-17-13(2)22-26-14(17)3/h11,16H,5-10H2,1-4H3. The van der Waals surface area contributed by atoms with Crippen LogP contribution in [0.3, 0.4) is 0 Å². The fourth-order valence-electron chi connectivity index (χ4n) is 3.39. The summed E-state index contributed by atoms with van der Waals surface area (Å²) >= 11 is 0. The van der Waals surface area contributed by atoms with E-state index >= 15 is 0 Å². The molecular formula is C19H26N4O3. The van der Waals surface area contributed by atoms with Crippen molar-refractivity contribution in [2.24, 2.45) is 0 Å². The van der Waals surface area contributed by atoms with E-state index in [0.717, 1.165) is 35.6 Å². The number of hydrogen-bond donors (Lipinski definition) is 0. The smallest absolute Gasteiger partial charge is 0.222 e. The van der Waals surface area contributed by atoms with E-state index in [-0.39, 0.29) is 12.0 Å². The molecule has 0 N–H and O–H groups in total. The third-order valence-electron chi connectivity index (χ3n) is 4.79. The number of aromatic nitrogens is 3. The molecule has 0 unspecified atom stereocenters. The Hall–Kier alpha value is -2.44. The molecular weight excluding hydrogens is 332 g/mol. The number of amides is 1. The third kappa shape index (κ3) is 4.39. The predicted octanol–water partition coefficient (Wildman–Crippen LogP) is 2.70. The second-order valence-corrected chi connectivity index (χ2v) is 6.90. The quantitative estimate of drug-likeness (QED) is 0.817. The first-order valence-corrected chi connectivity index (χ1v) is 9.11. The zero-order chi connectivity index (χ0) is 18.7. The minimum Gasteiger partial charge on any atom is -0.474 e. The molecule has 0 saturated carbocycles. The zero-order valence-corrected chi connectivity index (χ0v) is 15.9. The molecule has 1 fully saturated rings. The summed E-state index contributed by atoms with van der Waals surface area (Å²) in [6.07, 6.45) is 2.89. The van der Waals surface area contributed by atoms with E-state index in [4.69, 9.17) is 9.26 Å². The Balaban J connectivity index is 1.47. The van der Waals surface area contributed by atoms with Gasteiger partial charge in [0.1, 0.15) is 17.7 Å². The number of ether oxygens (including phenoxy) is 1. The van der Waals surface area contributed by atoms with E-state index in [1.165, 1.54) is 0 Å². The summed E-state index contributed by atoms with van der Waals surface area (Å²) in [5.41, 5.74) is 2.82. The zero-order valence-electron chi connectivity index (χ0n) is 15.9. The van der Waals surface area contributed by atoms with Gasteiger partial charge < -0.3 is 14.2 Å². The van der Waals surface area contributed by atoms with Gasteiger partial charge in [0, 0.05) is 49.7 Å². The molecule has 0 atom stereocenters. The number of rotatable bonds is 5. The van der Waals surface area contributed by atoms with Crippen molar-refractivity contribution < 1.29 is 14.1 Å². The number of nitrogens with zero attached hydrogens (tertiary/aromatic N) is 4. The summed E-state index contributed by atoms with van der Waals surface area (Å²) in [6.45, 7) is 9.03. The van der Waals surface area contributed by atoms with Crippen molar-refractivity contribution in [1.29, 1.82) is 0 Å². The van der Waals surface area contributed by atoms with E-state index in [1.807, 2.05) is 38.7 Å². The van der Waals surface area contributed by atoms with Gasteiger partial charge in [-0.1, -0.05) is 5.16 Å². The Morgan fingerprint density at radius 1 is 1.23 bits per heavy atom. The molecule has 140 valence electrons. The number of carbonyl (C=O) groups is 1. The highest BCUT2D eigenvalue weighted by Gasteiger charge is 2.24. The Morgan fingerprint density at radius 2 is 1.96 bits per heavy atom. The minimum absolute atomic E-state index is 0.0929. The summed E-state index contributed by atoms with van der Waals surface area (Å²) in [7, 11) is 0. The lowest BCUT2D eigenvalue weighted by Gasteiger charge is -2.32. The van der Waals surface area contributed by atoms with Crippen molar-refractivity contribution in [3.05, 3.63) is 34.6 Å². The summed E-state index contributed by atoms with van der Waals surface area (Å²) in [5.74, 6) is 2.32. The first-order valence-electron chi connectivity index (χ1n) is 9.11. The molecule has 2 aromatic rings. The van der Waals surface area contributed by atoms with Crippen LogP contribution in [0.4, 0.5) is 0 Å². The maximum Gasteiger partial charge on any atom is 0.222 e. The predicted molar refractivity (Wildman–Crippen MR) is 96.0 cm³/mol. The molecule has 0 aliphatic carbocycles. The molecule has 1 aliphatic rings. The van der Waals surface area contributed by atoms with Crippen molar-refractivity contribution >= 4 is 5.91 Å². The molecule has 3 heterocycles. The number of piperidine rings is 1. The van der Waals surface area contributed by atoms with Crippen LogP contribution in [-0.4, -0.2) is 45.1 Å². The van der Waals surface area contributed by atoms with Crippen LogP contribution in [0.5, 0.6) is 5.88 Å². The Bertz CT molecular complexity index is 739. The SMILES string of the molecule is Cc1cc(OC2CCN(C(=O)CCc3c(C)noc3C)CC2)nc(C)n1. The fourth-order valence-corrected chi connectivity index (χ4v) is 3.39. The van der Waals surface area contributed by atoms with Gasteiger partial charge in [-0.2, -0.15) is 4.98 Å². The van der Waals surface area contributed by atoms with Crippen LogP contribution in [-0.2, 0) is 11.2 Å². The molecule has 1 amide bonds. The van der Waals surface area contributed by atoms with Gasteiger partial charge in [-0.3, -0.25) is 4.79 Å². The molecule has 7 heteroatoms. The van der Waals surface area contributed by atoms with Crippen LogP contribution in [0.1, 0.15) is 47.8 Å². The van der Waals surface area contributed by atoms with Gasteiger partial charge in [0.15, 0.2) is 0 Å². The number of likely N-dealkylation sites (tertiary alicyclic amines) is 1. The molecule has 2 aromatic heterocycles. The van der Waals surface area contributed by atoms with Gasteiger partial charge in [-0.25, -0.2) is 4.98 Å². The van der Waals surface area contributed by atoms with E-state index in [2.05, 4.69) is 15.1 Å². The molecule has 7 nitrogen and oxygen atoms in total. The Morgan fingerprint density at radius 3 is 2.58 bits per heavy atom. The van der Waals surface area contributed by atoms with Gasteiger partial charge in [-0.05, 0) is 34.1 Å². The van der Waals surface area contributed by atoms with E-state index < -0.39 is 0 Å². The van der Waals surface area contributed by atoms with Crippen molar-refractivity contribution in [1.82, 2.24) is 20.0 Å². The minimum atomic E-state index is 0.0929. The van der Waals surface area contributed by atoms with E-state index in [9.17, 15) is 4.79 Å². The number of aryl methyl sites for hydroxylation is 4. The molecule has 0 aromatic carbocycles. The molecule has 0 radical (unpaired) electrons. The van der Waals surface area contributed by atoms with Crippen LogP contribution in [0.15, 0.2) is 10.6 Å². The van der Waals surface area contributed by atoms with Gasteiger partial charge in [0.05, 0.1) is 5.69 Å². The molecule has 26 heavy (non-hydrogen) atoms. The van der Waals surface area contributed by atoms with E-state index in [0.29, 0.717) is 37.6 Å². The maximum atomic E-state index is 12.5. The van der Waals surface area contributed by atoms with Crippen molar-refractivity contribution in [2.75, 3.05) is 13.1 Å². The largest absolute Gasteiger partial charge is 0.474 e. The lowest BCUT2D eigenvalue weighted by Crippen LogP contribution is -2.42. The average molecular weight is 358 g/mol. The fraction of sp³-hybridized carbons (Fsp3) is 0.579. The first-order chi connectivity index (χ1) is 12.4. The van der Waals surface area contributed by atoms with Crippen molar-refractivity contribution in [2.45, 2.75) is 59.5 Å². The normalized spacial score (nSPS) is 15.3. The van der Waals surface area contributed by atoms with Gasteiger partial charge >= 0.3 is 0 Å². The van der Waals surface area contributed by atoms with Crippen LogP contribution in [0.25, 0.3) is 0 Å². The summed E-state index contributed by atoms with van der Waals surface area (Å²) in [6, 6.07) is 1.86. The monoisotopic (exact) mass is 358 g/mol. The second kappa shape index (κ2) is 7.85. The lowest BCUT2D eigenvalue weighted by atomic mass is 10.0. The number of hydrogen-bond acceptors (Lipinski definition) is 6. The lowest BCUT2D eigenvalue weighted by molar-refractivity contribution is -0.132. The van der Waals surface area contributed by atoms with Crippen LogP contribution in [0.2, 0.25) is 0 Å². The molecule has 1 aliphatic heterocycles. The van der Waals surface area contributed by atoms with Gasteiger partial charge in [-0.15, -0.1) is 0 Å². The maximum absolute atomic E-state index is 12.5. The van der Waals surface area contributed by atoms with Crippen LogP contribution in [0, 0.1) is 27.7 Å². The highest BCUT2D eigenvalue weighted by molar-refractivity contribution is 5.76. The molecule has 0 spiro atoms. The van der Waals surface area contributed by atoms with Crippen molar-refractivity contribution in [3.8, 4) is 5.88 Å². The number of carbonyl (C=O) groups excluding carboxylic acids is 1. The summed E-state index contributed by atoms with van der Waals surface area (Å²) < 4.78 is 11.1. The van der Waals surface area contributed by atoms with Crippen LogP contribution >= 0.6 is 0 Å². The Labute approximate surface area is 153 Å². The van der Waals surface area contributed by atoms with Crippen LogP contribution < -0.4 is 4.74 Å².